The molecule has 1 heterocycles. The molecule has 0 aromatic heterocycles. The van der Waals surface area contributed by atoms with Crippen LogP contribution < -0.4 is 10.6 Å². The Morgan fingerprint density at radius 1 is 1.14 bits per heavy atom. The van der Waals surface area contributed by atoms with E-state index in [4.69, 9.17) is 5.73 Å². The van der Waals surface area contributed by atoms with Crippen molar-refractivity contribution in [2.45, 2.75) is 24.7 Å². The average molecular weight is 287 g/mol. The summed E-state index contributed by atoms with van der Waals surface area (Å²) in [5.41, 5.74) is 8.20. The Bertz CT molecular complexity index is 557. The van der Waals surface area contributed by atoms with Crippen LogP contribution in [0.1, 0.15) is 24.8 Å². The second-order valence-electron chi connectivity index (χ2n) is 6.06. The van der Waals surface area contributed by atoms with Gasteiger partial charge in [0.1, 0.15) is 0 Å². The number of hydrogen-bond acceptors (Lipinski definition) is 4. The van der Waals surface area contributed by atoms with Crippen LogP contribution in [0.2, 0.25) is 0 Å². The van der Waals surface area contributed by atoms with Crippen molar-refractivity contribution in [3.8, 4) is 0 Å². The molecule has 1 saturated heterocycles. The summed E-state index contributed by atoms with van der Waals surface area (Å²) in [7, 11) is 1.54. The van der Waals surface area contributed by atoms with Gasteiger partial charge in [0, 0.05) is 24.7 Å². The van der Waals surface area contributed by atoms with Crippen molar-refractivity contribution in [2.75, 3.05) is 31.6 Å². The smallest absolute Gasteiger partial charge is 0.248 e. The van der Waals surface area contributed by atoms with Crippen LogP contribution in [0.4, 0.5) is 5.69 Å². The van der Waals surface area contributed by atoms with E-state index in [0.29, 0.717) is 6.54 Å². The number of hydrogen-bond donors (Lipinski definition) is 1. The van der Waals surface area contributed by atoms with E-state index >= 15 is 0 Å². The lowest BCUT2D eigenvalue weighted by molar-refractivity contribution is -0.143. The van der Waals surface area contributed by atoms with Gasteiger partial charge in [-0.1, -0.05) is 24.6 Å². The zero-order valence-corrected chi connectivity index (χ0v) is 12.3. The second-order valence-corrected chi connectivity index (χ2v) is 6.06. The number of piperazine rings is 1. The van der Waals surface area contributed by atoms with Crippen molar-refractivity contribution in [2.24, 2.45) is 5.73 Å². The first kappa shape index (κ1) is 14.1. The molecule has 2 fully saturated rings. The largest absolute Gasteiger partial charge is 0.353 e. The van der Waals surface area contributed by atoms with Crippen LogP contribution in [0.5, 0.6) is 0 Å². The highest BCUT2D eigenvalue weighted by Crippen LogP contribution is 2.46. The van der Waals surface area contributed by atoms with Gasteiger partial charge in [-0.3, -0.25) is 14.5 Å². The van der Waals surface area contributed by atoms with Crippen LogP contribution in [0.25, 0.3) is 0 Å². The molecule has 1 aliphatic carbocycles. The first-order chi connectivity index (χ1) is 10.1. The van der Waals surface area contributed by atoms with Gasteiger partial charge in [0.25, 0.3) is 0 Å². The van der Waals surface area contributed by atoms with Crippen LogP contribution >= 0.6 is 0 Å². The number of amides is 2. The molecule has 1 aromatic rings. The number of para-hydroxylation sites is 1. The molecule has 21 heavy (non-hydrogen) atoms. The van der Waals surface area contributed by atoms with Gasteiger partial charge in [-0.25, -0.2) is 0 Å². The van der Waals surface area contributed by atoms with Crippen LogP contribution in [-0.4, -0.2) is 43.4 Å². The lowest BCUT2D eigenvalue weighted by Crippen LogP contribution is -2.53. The third kappa shape index (κ3) is 2.21. The van der Waals surface area contributed by atoms with Gasteiger partial charge in [0.05, 0.1) is 13.1 Å². The fourth-order valence-electron chi connectivity index (χ4n) is 3.29. The molecule has 0 atom stereocenters. The van der Waals surface area contributed by atoms with Crippen LogP contribution in [0.3, 0.4) is 0 Å². The molecule has 2 N–H and O–H groups in total. The van der Waals surface area contributed by atoms with E-state index in [2.05, 4.69) is 6.07 Å². The minimum Gasteiger partial charge on any atom is -0.353 e. The highest BCUT2D eigenvalue weighted by Gasteiger charge is 2.40. The molecule has 0 spiro atoms. The number of likely N-dealkylation sites (N-methyl/N-ethyl adjacent to an activating group) is 1. The van der Waals surface area contributed by atoms with E-state index in [0.717, 1.165) is 18.5 Å². The molecule has 5 heteroatoms. The Hall–Kier alpha value is -1.88. The number of benzene rings is 1. The summed E-state index contributed by atoms with van der Waals surface area (Å²) in [5.74, 6) is -0.312. The topological polar surface area (TPSA) is 66.6 Å². The highest BCUT2D eigenvalue weighted by molar-refractivity contribution is 6.02. The minimum atomic E-state index is -0.156. The fourth-order valence-corrected chi connectivity index (χ4v) is 3.29. The van der Waals surface area contributed by atoms with E-state index in [1.54, 1.807) is 7.05 Å². The number of carbonyl (C=O) groups is 2. The van der Waals surface area contributed by atoms with E-state index < -0.39 is 0 Å². The minimum absolute atomic E-state index is 0.0199. The summed E-state index contributed by atoms with van der Waals surface area (Å²) in [4.78, 5) is 27.0. The average Bonchev–Trinajstić information content (AvgIpc) is 2.44. The maximum absolute atomic E-state index is 11.9. The Morgan fingerprint density at radius 2 is 1.76 bits per heavy atom. The molecule has 1 saturated carbocycles. The van der Waals surface area contributed by atoms with Gasteiger partial charge in [-0.2, -0.15) is 0 Å². The Morgan fingerprint density at radius 3 is 2.29 bits per heavy atom. The zero-order valence-electron chi connectivity index (χ0n) is 12.3. The summed E-state index contributed by atoms with van der Waals surface area (Å²) >= 11 is 0. The van der Waals surface area contributed by atoms with Crippen LogP contribution in [-0.2, 0) is 15.0 Å². The number of nitrogens with two attached hydrogens (primary N) is 1. The van der Waals surface area contributed by atoms with Crippen molar-refractivity contribution in [3.05, 3.63) is 29.8 Å². The van der Waals surface area contributed by atoms with Crippen LogP contribution in [0, 0.1) is 0 Å². The summed E-state index contributed by atoms with van der Waals surface area (Å²) < 4.78 is 0. The van der Waals surface area contributed by atoms with Gasteiger partial charge in [0.2, 0.25) is 11.8 Å². The molecule has 0 unspecified atom stereocenters. The molecule has 1 aromatic carbocycles. The molecule has 0 bridgehead atoms. The van der Waals surface area contributed by atoms with Crippen molar-refractivity contribution in [1.82, 2.24) is 4.90 Å². The Kier molecular flexibility index (Phi) is 3.45. The van der Waals surface area contributed by atoms with Crippen molar-refractivity contribution in [3.63, 3.8) is 0 Å². The summed E-state index contributed by atoms with van der Waals surface area (Å²) in [5, 5.41) is 0. The van der Waals surface area contributed by atoms with Gasteiger partial charge < -0.3 is 10.6 Å². The number of nitrogens with zero attached hydrogens (tertiary/aromatic N) is 2. The lowest BCUT2D eigenvalue weighted by atomic mass is 9.64. The third-order valence-electron chi connectivity index (χ3n) is 4.92. The zero-order chi connectivity index (χ0) is 15.0. The van der Waals surface area contributed by atoms with Gasteiger partial charge in [0.15, 0.2) is 0 Å². The molecular weight excluding hydrogens is 266 g/mol. The monoisotopic (exact) mass is 287 g/mol. The standard InChI is InChI=1S/C16H21N3O2/c1-18-14(20)9-19(10-15(18)21)13-6-3-2-5-12(13)16(11-17)7-4-8-16/h2-3,5-6H,4,7-11,17H2,1H3. The van der Waals surface area contributed by atoms with E-state index in [1.165, 1.54) is 16.9 Å². The highest BCUT2D eigenvalue weighted by atomic mass is 16.2. The predicted molar refractivity (Wildman–Crippen MR) is 81.0 cm³/mol. The first-order valence-electron chi connectivity index (χ1n) is 7.41. The number of anilines is 1. The molecule has 112 valence electrons. The van der Waals surface area contributed by atoms with E-state index in [9.17, 15) is 9.59 Å². The number of carbonyl (C=O) groups excluding carboxylic acids is 2. The molecule has 3 rings (SSSR count). The van der Waals surface area contributed by atoms with Crippen molar-refractivity contribution >= 4 is 17.5 Å². The Balaban J connectivity index is 1.96. The normalized spacial score (nSPS) is 21.4. The quantitative estimate of drug-likeness (QED) is 0.838. The molecular formula is C16H21N3O2. The Labute approximate surface area is 124 Å². The van der Waals surface area contributed by atoms with E-state index in [-0.39, 0.29) is 30.3 Å². The summed E-state index contributed by atoms with van der Waals surface area (Å²) in [6, 6.07) is 8.05. The fraction of sp³-hybridized carbons (Fsp3) is 0.500. The molecule has 2 amide bonds. The number of imide groups is 1. The molecule has 0 radical (unpaired) electrons. The second kappa shape index (κ2) is 5.15. The maximum atomic E-state index is 11.9. The first-order valence-corrected chi connectivity index (χ1v) is 7.41. The van der Waals surface area contributed by atoms with Crippen molar-refractivity contribution < 1.29 is 9.59 Å². The van der Waals surface area contributed by atoms with Crippen LogP contribution in [0.15, 0.2) is 24.3 Å². The van der Waals surface area contributed by atoms with Gasteiger partial charge in [-0.15, -0.1) is 0 Å². The predicted octanol–water partition coefficient (Wildman–Crippen LogP) is 0.872. The third-order valence-corrected chi connectivity index (χ3v) is 4.92. The van der Waals surface area contributed by atoms with E-state index in [1.807, 2.05) is 23.1 Å². The molecule has 2 aliphatic rings. The SMILES string of the molecule is CN1C(=O)CN(c2ccccc2C2(CN)CCC2)CC1=O. The van der Waals surface area contributed by atoms with Gasteiger partial charge >= 0.3 is 0 Å². The lowest BCUT2D eigenvalue weighted by Gasteiger charge is -2.44. The maximum Gasteiger partial charge on any atom is 0.248 e. The molecule has 1 aliphatic heterocycles. The van der Waals surface area contributed by atoms with Gasteiger partial charge in [-0.05, 0) is 24.5 Å². The summed E-state index contributed by atoms with van der Waals surface area (Å²) in [6.45, 7) is 1.11. The molecule has 5 nitrogen and oxygen atoms in total. The number of rotatable bonds is 3. The van der Waals surface area contributed by atoms with Crippen molar-refractivity contribution in [1.29, 1.82) is 0 Å². The summed E-state index contributed by atoms with van der Waals surface area (Å²) in [6.07, 6.45) is 3.35.